The van der Waals surface area contributed by atoms with Crippen LogP contribution in [-0.4, -0.2) is 9.78 Å². The zero-order chi connectivity index (χ0) is 14.9. The highest BCUT2D eigenvalue weighted by Crippen LogP contribution is 2.38. The third-order valence-corrected chi connectivity index (χ3v) is 4.17. The van der Waals surface area contributed by atoms with E-state index in [1.54, 1.807) is 0 Å². The second kappa shape index (κ2) is 6.01. The lowest BCUT2D eigenvalue weighted by molar-refractivity contribution is 0.388. The van der Waals surface area contributed by atoms with Crippen LogP contribution in [0.1, 0.15) is 39.2 Å². The second-order valence-electron chi connectivity index (χ2n) is 6.15. The Morgan fingerprint density at radius 1 is 1.05 bits per heavy atom. The van der Waals surface area contributed by atoms with E-state index in [0.29, 0.717) is 17.8 Å². The fourth-order valence-electron chi connectivity index (χ4n) is 3.04. The Balaban J connectivity index is 2.48. The van der Waals surface area contributed by atoms with Crippen molar-refractivity contribution < 1.29 is 0 Å². The molecule has 0 aliphatic carbocycles. The van der Waals surface area contributed by atoms with Gasteiger partial charge >= 0.3 is 0 Å². The number of hydrogen-bond donors (Lipinski definition) is 0. The Morgan fingerprint density at radius 3 is 2.20 bits per heavy atom. The van der Waals surface area contributed by atoms with E-state index in [2.05, 4.69) is 44.9 Å². The molecule has 0 saturated carbocycles. The minimum absolute atomic E-state index is 0.471. The van der Waals surface area contributed by atoms with Gasteiger partial charge in [-0.15, -0.1) is 0 Å². The molecule has 3 heteroatoms. The molecular weight excluding hydrogens is 268 g/mol. The molecule has 108 valence electrons. The lowest BCUT2D eigenvalue weighted by Gasteiger charge is -2.26. The Hall–Kier alpha value is -1.28. The number of rotatable bonds is 4. The summed E-state index contributed by atoms with van der Waals surface area (Å²) in [5.41, 5.74) is 3.57. The van der Waals surface area contributed by atoms with Crippen LogP contribution in [0.5, 0.6) is 0 Å². The van der Waals surface area contributed by atoms with Crippen LogP contribution in [0.15, 0.2) is 30.6 Å². The van der Waals surface area contributed by atoms with Crippen LogP contribution >= 0.6 is 11.6 Å². The lowest BCUT2D eigenvalue weighted by Crippen LogP contribution is -2.14. The Labute approximate surface area is 126 Å². The summed E-state index contributed by atoms with van der Waals surface area (Å²) < 4.78 is 1.83. The van der Waals surface area contributed by atoms with Crippen LogP contribution in [0.4, 0.5) is 0 Å². The van der Waals surface area contributed by atoms with Crippen molar-refractivity contribution in [3.05, 3.63) is 41.2 Å². The molecule has 0 bridgehead atoms. The Morgan fingerprint density at radius 2 is 1.70 bits per heavy atom. The van der Waals surface area contributed by atoms with Gasteiger partial charge in [0.05, 0.1) is 6.20 Å². The van der Waals surface area contributed by atoms with Gasteiger partial charge in [-0.05, 0) is 41.0 Å². The minimum atomic E-state index is 0.471. The van der Waals surface area contributed by atoms with Crippen LogP contribution in [0, 0.1) is 11.8 Å². The zero-order valence-electron chi connectivity index (χ0n) is 12.9. The van der Waals surface area contributed by atoms with Gasteiger partial charge in [0, 0.05) is 23.8 Å². The molecular formula is C17H23ClN2. The number of hydrogen-bond acceptors (Lipinski definition) is 1. The second-order valence-corrected chi connectivity index (χ2v) is 6.56. The van der Waals surface area contributed by atoms with E-state index in [1.165, 1.54) is 11.1 Å². The van der Waals surface area contributed by atoms with Gasteiger partial charge in [-0.2, -0.15) is 5.10 Å². The number of aromatic nitrogens is 2. The fraction of sp³-hybridized carbons (Fsp3) is 0.471. The summed E-state index contributed by atoms with van der Waals surface area (Å²) in [6.45, 7) is 9.05. The van der Waals surface area contributed by atoms with Gasteiger partial charge in [-0.1, -0.05) is 45.4 Å². The van der Waals surface area contributed by atoms with E-state index in [-0.39, 0.29) is 0 Å². The summed E-state index contributed by atoms with van der Waals surface area (Å²) in [7, 11) is 1.94. The fourth-order valence-corrected chi connectivity index (χ4v) is 3.28. The maximum absolute atomic E-state index is 6.45. The monoisotopic (exact) mass is 290 g/mol. The first-order valence-electron chi connectivity index (χ1n) is 7.18. The largest absolute Gasteiger partial charge is 0.275 e. The molecule has 0 atom stereocenters. The van der Waals surface area contributed by atoms with Gasteiger partial charge in [0.1, 0.15) is 0 Å². The van der Waals surface area contributed by atoms with E-state index in [1.807, 2.05) is 30.2 Å². The Bertz CT molecular complexity index is 576. The molecule has 20 heavy (non-hydrogen) atoms. The van der Waals surface area contributed by atoms with Gasteiger partial charge in [0.2, 0.25) is 0 Å². The number of halogens is 1. The summed E-state index contributed by atoms with van der Waals surface area (Å²) in [5.74, 6) is 1.60. The van der Waals surface area contributed by atoms with Crippen molar-refractivity contribution in [2.45, 2.75) is 33.6 Å². The number of benzene rings is 1. The van der Waals surface area contributed by atoms with Crippen molar-refractivity contribution in [2.75, 3.05) is 0 Å². The highest BCUT2D eigenvalue weighted by molar-refractivity contribution is 6.31. The first kappa shape index (κ1) is 15.1. The first-order chi connectivity index (χ1) is 9.40. The van der Waals surface area contributed by atoms with Crippen LogP contribution in [0.25, 0.3) is 11.1 Å². The van der Waals surface area contributed by atoms with E-state index >= 15 is 0 Å². The molecule has 0 spiro atoms. The van der Waals surface area contributed by atoms with Crippen molar-refractivity contribution in [2.24, 2.45) is 18.9 Å². The molecule has 0 amide bonds. The molecule has 0 aliphatic heterocycles. The van der Waals surface area contributed by atoms with Crippen LogP contribution in [0.2, 0.25) is 5.02 Å². The van der Waals surface area contributed by atoms with Crippen LogP contribution in [-0.2, 0) is 7.05 Å². The summed E-state index contributed by atoms with van der Waals surface area (Å²) in [6.07, 6.45) is 3.93. The van der Waals surface area contributed by atoms with Crippen molar-refractivity contribution >= 4 is 11.6 Å². The SMILES string of the molecule is CC(C)C(c1cc(-c2cnn(C)c2)ccc1Cl)C(C)C. The Kier molecular flexibility index (Phi) is 4.54. The number of aryl methyl sites for hydroxylation is 1. The molecule has 0 unspecified atom stereocenters. The van der Waals surface area contributed by atoms with Gasteiger partial charge in [0.15, 0.2) is 0 Å². The molecule has 1 heterocycles. The standard InChI is InChI=1S/C17H23ClN2/c1-11(2)17(12(3)4)15-8-13(6-7-16(15)18)14-9-19-20(5)10-14/h6-12,17H,1-5H3. The predicted octanol–water partition coefficient (Wildman–Crippen LogP) is 5.14. The molecule has 0 fully saturated rings. The third kappa shape index (κ3) is 3.06. The summed E-state index contributed by atoms with van der Waals surface area (Å²) in [5, 5.41) is 5.11. The van der Waals surface area contributed by atoms with Gasteiger partial charge < -0.3 is 0 Å². The van der Waals surface area contributed by atoms with E-state index in [0.717, 1.165) is 10.6 Å². The van der Waals surface area contributed by atoms with E-state index < -0.39 is 0 Å². The predicted molar refractivity (Wildman–Crippen MR) is 86.1 cm³/mol. The molecule has 1 aromatic heterocycles. The average molecular weight is 291 g/mol. The normalized spacial score (nSPS) is 11.8. The molecule has 2 rings (SSSR count). The summed E-state index contributed by atoms with van der Waals surface area (Å²) in [6, 6.07) is 6.31. The van der Waals surface area contributed by atoms with Gasteiger partial charge in [-0.3, -0.25) is 4.68 Å². The zero-order valence-corrected chi connectivity index (χ0v) is 13.6. The highest BCUT2D eigenvalue weighted by Gasteiger charge is 2.22. The third-order valence-electron chi connectivity index (χ3n) is 3.83. The van der Waals surface area contributed by atoms with Crippen molar-refractivity contribution in [3.63, 3.8) is 0 Å². The molecule has 0 aliphatic rings. The van der Waals surface area contributed by atoms with E-state index in [9.17, 15) is 0 Å². The minimum Gasteiger partial charge on any atom is -0.275 e. The molecule has 0 radical (unpaired) electrons. The molecule has 2 aromatic rings. The summed E-state index contributed by atoms with van der Waals surface area (Å²) >= 11 is 6.45. The molecule has 0 N–H and O–H groups in total. The topological polar surface area (TPSA) is 17.8 Å². The van der Waals surface area contributed by atoms with Crippen molar-refractivity contribution in [1.82, 2.24) is 9.78 Å². The van der Waals surface area contributed by atoms with Crippen LogP contribution < -0.4 is 0 Å². The smallest absolute Gasteiger partial charge is 0.0568 e. The lowest BCUT2D eigenvalue weighted by atomic mass is 9.79. The van der Waals surface area contributed by atoms with Gasteiger partial charge in [0.25, 0.3) is 0 Å². The van der Waals surface area contributed by atoms with E-state index in [4.69, 9.17) is 11.6 Å². The molecule has 2 nitrogen and oxygen atoms in total. The quantitative estimate of drug-likeness (QED) is 0.763. The van der Waals surface area contributed by atoms with Crippen molar-refractivity contribution in [1.29, 1.82) is 0 Å². The first-order valence-corrected chi connectivity index (χ1v) is 7.56. The van der Waals surface area contributed by atoms with Crippen LogP contribution in [0.3, 0.4) is 0 Å². The summed E-state index contributed by atoms with van der Waals surface area (Å²) in [4.78, 5) is 0. The number of nitrogens with zero attached hydrogens (tertiary/aromatic N) is 2. The van der Waals surface area contributed by atoms with Crippen molar-refractivity contribution in [3.8, 4) is 11.1 Å². The molecule has 1 aromatic carbocycles. The maximum Gasteiger partial charge on any atom is 0.0568 e. The average Bonchev–Trinajstić information content (AvgIpc) is 2.77. The van der Waals surface area contributed by atoms with Gasteiger partial charge in [-0.25, -0.2) is 0 Å². The molecule has 0 saturated heterocycles. The maximum atomic E-state index is 6.45. The highest BCUT2D eigenvalue weighted by atomic mass is 35.5.